The van der Waals surface area contributed by atoms with Gasteiger partial charge in [0.1, 0.15) is 17.4 Å². The molecule has 34 heavy (non-hydrogen) atoms. The van der Waals surface area contributed by atoms with Crippen LogP contribution in [0, 0.1) is 15.2 Å². The Morgan fingerprint density at radius 1 is 1.09 bits per heavy atom. The highest BCUT2D eigenvalue weighted by Gasteiger charge is 2.19. The number of aromatic nitrogens is 1. The third-order valence-corrected chi connectivity index (χ3v) is 7.36. The van der Waals surface area contributed by atoms with Crippen molar-refractivity contribution < 1.29 is 26.7 Å². The molecule has 0 fully saturated rings. The number of hydrogen-bond acceptors (Lipinski definition) is 5. The molecule has 180 valence electrons. The number of amides is 1. The summed E-state index contributed by atoms with van der Waals surface area (Å²) in [4.78, 5) is 16.0. The highest BCUT2D eigenvalue weighted by molar-refractivity contribution is 14.1. The Hall–Kier alpha value is -2.60. The lowest BCUT2D eigenvalue weighted by Crippen LogP contribution is -2.17. The lowest BCUT2D eigenvalue weighted by molar-refractivity contribution is 0.0995. The first-order valence-corrected chi connectivity index (χ1v) is 13.3. The van der Waals surface area contributed by atoms with Crippen molar-refractivity contribution in [3.63, 3.8) is 0 Å². The minimum Gasteiger partial charge on any atom is -0.493 e. The van der Waals surface area contributed by atoms with Crippen LogP contribution in [-0.2, 0) is 22.0 Å². The van der Waals surface area contributed by atoms with E-state index in [0.717, 1.165) is 12.1 Å². The zero-order valence-electron chi connectivity index (χ0n) is 18.1. The summed E-state index contributed by atoms with van der Waals surface area (Å²) >= 11 is 1.98. The molecule has 0 bridgehead atoms. The van der Waals surface area contributed by atoms with Crippen molar-refractivity contribution >= 4 is 38.3 Å². The maximum Gasteiger partial charge on any atom is 0.252 e. The van der Waals surface area contributed by atoms with Crippen molar-refractivity contribution in [2.45, 2.75) is 25.0 Å². The number of carbonyl (C=O) groups is 1. The van der Waals surface area contributed by atoms with E-state index in [1.54, 1.807) is 30.5 Å². The molecule has 2 N–H and O–H groups in total. The van der Waals surface area contributed by atoms with E-state index >= 15 is 0 Å². The molecule has 0 radical (unpaired) electrons. The van der Waals surface area contributed by atoms with Crippen LogP contribution in [-0.4, -0.2) is 31.7 Å². The van der Waals surface area contributed by atoms with Gasteiger partial charge in [0.05, 0.1) is 23.7 Å². The smallest absolute Gasteiger partial charge is 0.252 e. The molecule has 0 atom stereocenters. The monoisotopic (exact) mass is 600 g/mol. The summed E-state index contributed by atoms with van der Waals surface area (Å²) in [5, 5.41) is 0. The summed E-state index contributed by atoms with van der Waals surface area (Å²) in [6, 6.07) is 10.2. The van der Waals surface area contributed by atoms with E-state index in [-0.39, 0.29) is 41.4 Å². The second kappa shape index (κ2) is 11.7. The number of halogens is 3. The predicted octanol–water partition coefficient (Wildman–Crippen LogP) is 4.43. The lowest BCUT2D eigenvalue weighted by Gasteiger charge is -2.15. The molecule has 0 spiro atoms. The fourth-order valence-electron chi connectivity index (χ4n) is 3.45. The van der Waals surface area contributed by atoms with Crippen molar-refractivity contribution in [2.24, 2.45) is 5.73 Å². The molecule has 0 aliphatic heterocycles. The van der Waals surface area contributed by atoms with Crippen LogP contribution < -0.4 is 10.5 Å². The Morgan fingerprint density at radius 3 is 2.56 bits per heavy atom. The zero-order chi connectivity index (χ0) is 24.7. The zero-order valence-corrected chi connectivity index (χ0v) is 21.1. The number of carbonyl (C=O) groups excluding carboxylic acids is 1. The fraction of sp³-hybridized carbons (Fsp3) is 0.250. The molecule has 1 aromatic heterocycles. The summed E-state index contributed by atoms with van der Waals surface area (Å²) in [7, 11) is -3.32. The number of nitrogens with two attached hydrogens (primary N) is 1. The Bertz CT molecular complexity index is 1270. The third-order valence-electron chi connectivity index (χ3n) is 5.01. The van der Waals surface area contributed by atoms with Crippen molar-refractivity contribution in [3.05, 3.63) is 92.3 Å². The van der Waals surface area contributed by atoms with E-state index in [0.29, 0.717) is 27.5 Å². The van der Waals surface area contributed by atoms with Gasteiger partial charge in [-0.25, -0.2) is 17.2 Å². The van der Waals surface area contributed by atoms with E-state index in [1.165, 1.54) is 12.3 Å². The van der Waals surface area contributed by atoms with Crippen molar-refractivity contribution in [3.8, 4) is 5.75 Å². The highest BCUT2D eigenvalue weighted by Crippen LogP contribution is 2.27. The number of ether oxygens (including phenoxy) is 1. The number of primary amides is 1. The Balaban J connectivity index is 1.64. The number of pyridine rings is 1. The molecule has 0 saturated carbocycles. The summed E-state index contributed by atoms with van der Waals surface area (Å²) in [6.45, 7) is 0.0590. The van der Waals surface area contributed by atoms with Crippen LogP contribution >= 0.6 is 22.6 Å². The van der Waals surface area contributed by atoms with Gasteiger partial charge in [-0.05, 0) is 76.4 Å². The molecular weight excluding hydrogens is 577 g/mol. The standard InChI is InChI=1S/C24H23F2IN2O4S/c25-19-11-18(10-17-5-6-20(27)13-21(17)26)23(24(28)30)22(12-19)33-8-1-2-9-34(31,32)15-16-4-3-7-29-14-16/h3-7,11-14H,1-2,8-10,15H2,(H2,28,30). The topological polar surface area (TPSA) is 99.4 Å². The van der Waals surface area contributed by atoms with Gasteiger partial charge in [-0.15, -0.1) is 0 Å². The summed E-state index contributed by atoms with van der Waals surface area (Å²) in [5.74, 6) is -2.15. The van der Waals surface area contributed by atoms with Crippen LogP contribution in [0.1, 0.15) is 39.9 Å². The molecule has 3 rings (SSSR count). The number of nitrogens with zero attached hydrogens (tertiary/aromatic N) is 1. The van der Waals surface area contributed by atoms with Crippen LogP contribution in [0.25, 0.3) is 0 Å². The van der Waals surface area contributed by atoms with E-state index in [9.17, 15) is 22.0 Å². The highest BCUT2D eigenvalue weighted by atomic mass is 127. The minimum absolute atomic E-state index is 0.0245. The Morgan fingerprint density at radius 2 is 1.88 bits per heavy atom. The Kier molecular flexibility index (Phi) is 8.95. The first kappa shape index (κ1) is 26.0. The number of benzene rings is 2. The van der Waals surface area contributed by atoms with Gasteiger partial charge in [0.25, 0.3) is 5.91 Å². The van der Waals surface area contributed by atoms with Gasteiger partial charge in [0, 0.05) is 28.5 Å². The molecule has 0 aliphatic carbocycles. The first-order chi connectivity index (χ1) is 16.1. The Labute approximate surface area is 210 Å². The number of hydrogen-bond donors (Lipinski definition) is 1. The van der Waals surface area contributed by atoms with E-state index < -0.39 is 27.4 Å². The van der Waals surface area contributed by atoms with Gasteiger partial charge < -0.3 is 10.5 Å². The van der Waals surface area contributed by atoms with Gasteiger partial charge in [-0.3, -0.25) is 9.78 Å². The maximum absolute atomic E-state index is 14.3. The normalized spacial score (nSPS) is 11.4. The first-order valence-electron chi connectivity index (χ1n) is 10.4. The van der Waals surface area contributed by atoms with Crippen LogP contribution in [0.4, 0.5) is 8.78 Å². The van der Waals surface area contributed by atoms with Gasteiger partial charge >= 0.3 is 0 Å². The van der Waals surface area contributed by atoms with Gasteiger partial charge in [-0.2, -0.15) is 0 Å². The molecule has 3 aromatic rings. The fourth-order valence-corrected chi connectivity index (χ4v) is 5.37. The van der Waals surface area contributed by atoms with Crippen molar-refractivity contribution in [2.75, 3.05) is 12.4 Å². The number of sulfone groups is 1. The molecule has 0 saturated heterocycles. The maximum atomic E-state index is 14.3. The SMILES string of the molecule is NC(=O)c1c(Cc2ccc(I)cc2F)cc(F)cc1OCCCCS(=O)(=O)Cc1cccnc1. The van der Waals surface area contributed by atoms with E-state index in [1.807, 2.05) is 22.6 Å². The summed E-state index contributed by atoms with van der Waals surface area (Å²) in [5.41, 5.74) is 6.61. The van der Waals surface area contributed by atoms with Crippen LogP contribution in [0.3, 0.4) is 0 Å². The van der Waals surface area contributed by atoms with Crippen LogP contribution in [0.5, 0.6) is 5.75 Å². The molecule has 0 aliphatic rings. The van der Waals surface area contributed by atoms with Gasteiger partial charge in [0.15, 0.2) is 9.84 Å². The molecule has 0 unspecified atom stereocenters. The molecule has 1 amide bonds. The van der Waals surface area contributed by atoms with Crippen LogP contribution in [0.2, 0.25) is 0 Å². The van der Waals surface area contributed by atoms with Crippen LogP contribution in [0.15, 0.2) is 54.9 Å². The average molecular weight is 600 g/mol. The second-order valence-corrected chi connectivity index (χ2v) is 11.2. The quantitative estimate of drug-likeness (QED) is 0.260. The predicted molar refractivity (Wildman–Crippen MR) is 133 cm³/mol. The summed E-state index contributed by atoms with van der Waals surface area (Å²) in [6.07, 6.45) is 3.73. The molecule has 1 heterocycles. The molecular formula is C24H23F2IN2O4S. The van der Waals surface area contributed by atoms with E-state index in [4.69, 9.17) is 10.5 Å². The molecule has 10 heteroatoms. The van der Waals surface area contributed by atoms with Gasteiger partial charge in [0.2, 0.25) is 0 Å². The number of rotatable bonds is 11. The minimum atomic E-state index is -3.32. The lowest BCUT2D eigenvalue weighted by atomic mass is 9.98. The van der Waals surface area contributed by atoms with Crippen molar-refractivity contribution in [1.29, 1.82) is 0 Å². The van der Waals surface area contributed by atoms with Crippen molar-refractivity contribution in [1.82, 2.24) is 4.98 Å². The molecule has 6 nitrogen and oxygen atoms in total. The number of unbranched alkanes of at least 4 members (excludes halogenated alkanes) is 1. The second-order valence-electron chi connectivity index (χ2n) is 7.72. The summed E-state index contributed by atoms with van der Waals surface area (Å²) < 4.78 is 59.4. The van der Waals surface area contributed by atoms with Gasteiger partial charge in [-0.1, -0.05) is 12.1 Å². The van der Waals surface area contributed by atoms with E-state index in [2.05, 4.69) is 4.98 Å². The third kappa shape index (κ3) is 7.45. The largest absolute Gasteiger partial charge is 0.493 e. The average Bonchev–Trinajstić information content (AvgIpc) is 2.75. The molecule has 2 aromatic carbocycles.